The van der Waals surface area contributed by atoms with Crippen LogP contribution in [0, 0.1) is 0 Å². The van der Waals surface area contributed by atoms with Crippen LogP contribution in [-0.4, -0.2) is 44.6 Å². The van der Waals surface area contributed by atoms with Crippen molar-refractivity contribution in [3.8, 4) is 0 Å². The Balaban J connectivity index is 0.00000176. The van der Waals surface area contributed by atoms with E-state index in [0.717, 1.165) is 19.4 Å². The fraction of sp³-hybridized carbons (Fsp3) is 0.500. The molecule has 2 aliphatic rings. The highest BCUT2D eigenvalue weighted by Crippen LogP contribution is 2.38. The Bertz CT molecular complexity index is 687. The third-order valence-electron chi connectivity index (χ3n) is 4.22. The average Bonchev–Trinajstić information content (AvgIpc) is 3.04. The first-order valence-electron chi connectivity index (χ1n) is 6.92. The van der Waals surface area contributed by atoms with Crippen LogP contribution in [0.1, 0.15) is 24.4 Å². The van der Waals surface area contributed by atoms with E-state index in [1.54, 1.807) is 24.1 Å². The predicted molar refractivity (Wildman–Crippen MR) is 87.3 cm³/mol. The minimum atomic E-state index is -3.35. The predicted octanol–water partition coefficient (Wildman–Crippen LogP) is 1.80. The van der Waals surface area contributed by atoms with Crippen LogP contribution in [0.3, 0.4) is 0 Å². The zero-order chi connectivity index (χ0) is 15.2. The molecule has 0 spiro atoms. The maximum absolute atomic E-state index is 12.5. The van der Waals surface area contributed by atoms with Crippen molar-refractivity contribution in [3.05, 3.63) is 28.8 Å². The number of nitrogens with zero attached hydrogens (tertiary/aromatic N) is 1. The van der Waals surface area contributed by atoms with Crippen LogP contribution in [-0.2, 0) is 14.6 Å². The Hall–Kier alpha value is -0.820. The Labute approximate surface area is 141 Å². The molecule has 122 valence electrons. The van der Waals surface area contributed by atoms with Gasteiger partial charge in [0.15, 0.2) is 9.84 Å². The van der Waals surface area contributed by atoms with Gasteiger partial charge in [-0.1, -0.05) is 11.6 Å². The standard InChI is InChI=1S/C14H17ClN2O3S.ClH/c1-17(14(18)11-3-2-6-16-11)12-8-21(19,20)13-5-4-9(15)7-10(12)13;/h4-5,7,11-12,16H,2-3,6,8H2,1H3;1H. The molecular weight excluding hydrogens is 347 g/mol. The molecule has 0 radical (unpaired) electrons. The molecule has 2 heterocycles. The van der Waals surface area contributed by atoms with Gasteiger partial charge in [0, 0.05) is 12.1 Å². The Morgan fingerprint density at radius 3 is 2.77 bits per heavy atom. The van der Waals surface area contributed by atoms with Gasteiger partial charge in [-0.3, -0.25) is 4.79 Å². The summed E-state index contributed by atoms with van der Waals surface area (Å²) in [6.45, 7) is 0.829. The van der Waals surface area contributed by atoms with Crippen molar-refractivity contribution in [2.45, 2.75) is 29.8 Å². The van der Waals surface area contributed by atoms with Gasteiger partial charge in [-0.25, -0.2) is 8.42 Å². The summed E-state index contributed by atoms with van der Waals surface area (Å²) in [6, 6.07) is 4.08. The van der Waals surface area contributed by atoms with Gasteiger partial charge in [0.05, 0.1) is 22.7 Å². The number of hydrogen-bond acceptors (Lipinski definition) is 4. The lowest BCUT2D eigenvalue weighted by molar-refractivity contribution is -0.133. The fourth-order valence-electron chi connectivity index (χ4n) is 3.07. The smallest absolute Gasteiger partial charge is 0.239 e. The lowest BCUT2D eigenvalue weighted by Crippen LogP contribution is -2.43. The molecule has 0 bridgehead atoms. The highest BCUT2D eigenvalue weighted by atomic mass is 35.5. The normalized spacial score (nSPS) is 25.4. The van der Waals surface area contributed by atoms with Crippen molar-refractivity contribution in [2.24, 2.45) is 0 Å². The van der Waals surface area contributed by atoms with Gasteiger partial charge < -0.3 is 10.2 Å². The Morgan fingerprint density at radius 2 is 2.14 bits per heavy atom. The number of rotatable bonds is 2. The van der Waals surface area contributed by atoms with E-state index in [9.17, 15) is 13.2 Å². The number of nitrogens with one attached hydrogen (secondary N) is 1. The first kappa shape index (κ1) is 17.5. The van der Waals surface area contributed by atoms with E-state index in [1.807, 2.05) is 0 Å². The molecule has 0 saturated carbocycles. The van der Waals surface area contributed by atoms with Gasteiger partial charge in [-0.2, -0.15) is 0 Å². The summed E-state index contributed by atoms with van der Waals surface area (Å²) >= 11 is 5.98. The highest BCUT2D eigenvalue weighted by Gasteiger charge is 2.40. The van der Waals surface area contributed by atoms with Crippen LogP contribution in [0.5, 0.6) is 0 Å². The van der Waals surface area contributed by atoms with Crippen LogP contribution in [0.2, 0.25) is 5.02 Å². The van der Waals surface area contributed by atoms with Crippen LogP contribution >= 0.6 is 24.0 Å². The Morgan fingerprint density at radius 1 is 1.41 bits per heavy atom. The van der Waals surface area contributed by atoms with Crippen LogP contribution in [0.25, 0.3) is 0 Å². The molecule has 1 fully saturated rings. The quantitative estimate of drug-likeness (QED) is 0.868. The molecule has 2 atom stereocenters. The van der Waals surface area contributed by atoms with E-state index in [1.165, 1.54) is 6.07 Å². The molecule has 0 aliphatic carbocycles. The van der Waals surface area contributed by atoms with Crippen LogP contribution in [0.4, 0.5) is 0 Å². The SMILES string of the molecule is CN(C(=O)C1CCCN1)C1CS(=O)(=O)c2ccc(Cl)cc21.Cl. The number of benzene rings is 1. The molecule has 1 N–H and O–H groups in total. The first-order valence-corrected chi connectivity index (χ1v) is 8.95. The second-order valence-electron chi connectivity index (χ2n) is 5.58. The minimum absolute atomic E-state index is 0. The summed E-state index contributed by atoms with van der Waals surface area (Å²) in [5.74, 6) is -0.127. The van der Waals surface area contributed by atoms with Gasteiger partial charge in [-0.05, 0) is 43.1 Å². The number of likely N-dealkylation sites (N-methyl/N-ethyl adjacent to an activating group) is 1. The van der Waals surface area contributed by atoms with Gasteiger partial charge in [-0.15, -0.1) is 12.4 Å². The summed E-state index contributed by atoms with van der Waals surface area (Å²) in [7, 11) is -1.68. The monoisotopic (exact) mass is 364 g/mol. The molecule has 3 rings (SSSR count). The zero-order valence-corrected chi connectivity index (χ0v) is 14.5. The number of fused-ring (bicyclic) bond motifs is 1. The molecule has 5 nitrogen and oxygen atoms in total. The van der Waals surface area contributed by atoms with E-state index in [0.29, 0.717) is 10.6 Å². The van der Waals surface area contributed by atoms with Crippen molar-refractivity contribution < 1.29 is 13.2 Å². The van der Waals surface area contributed by atoms with Gasteiger partial charge in [0.2, 0.25) is 5.91 Å². The van der Waals surface area contributed by atoms with Crippen molar-refractivity contribution in [1.82, 2.24) is 10.2 Å². The number of amides is 1. The van der Waals surface area contributed by atoms with E-state index in [2.05, 4.69) is 5.32 Å². The van der Waals surface area contributed by atoms with Gasteiger partial charge >= 0.3 is 0 Å². The number of sulfone groups is 1. The molecule has 2 unspecified atom stereocenters. The van der Waals surface area contributed by atoms with E-state index >= 15 is 0 Å². The summed E-state index contributed by atoms with van der Waals surface area (Å²) in [5, 5.41) is 3.63. The molecule has 8 heteroatoms. The topological polar surface area (TPSA) is 66.5 Å². The van der Waals surface area contributed by atoms with E-state index in [-0.39, 0.29) is 35.0 Å². The van der Waals surface area contributed by atoms with Crippen molar-refractivity contribution >= 4 is 39.8 Å². The van der Waals surface area contributed by atoms with Gasteiger partial charge in [0.25, 0.3) is 0 Å². The number of hydrogen-bond donors (Lipinski definition) is 1. The van der Waals surface area contributed by atoms with Crippen molar-refractivity contribution in [3.63, 3.8) is 0 Å². The molecule has 1 saturated heterocycles. The summed E-state index contributed by atoms with van der Waals surface area (Å²) in [4.78, 5) is 14.3. The van der Waals surface area contributed by atoms with E-state index < -0.39 is 15.9 Å². The van der Waals surface area contributed by atoms with E-state index in [4.69, 9.17) is 11.6 Å². The fourth-order valence-corrected chi connectivity index (χ4v) is 5.07. The minimum Gasteiger partial charge on any atom is -0.336 e. The molecule has 1 aromatic rings. The second-order valence-corrected chi connectivity index (χ2v) is 8.02. The van der Waals surface area contributed by atoms with Crippen molar-refractivity contribution in [2.75, 3.05) is 19.3 Å². The highest BCUT2D eigenvalue weighted by molar-refractivity contribution is 7.91. The molecule has 22 heavy (non-hydrogen) atoms. The first-order chi connectivity index (χ1) is 9.90. The molecule has 2 aliphatic heterocycles. The Kier molecular flexibility index (Phi) is 5.06. The zero-order valence-electron chi connectivity index (χ0n) is 12.1. The third kappa shape index (κ3) is 2.97. The van der Waals surface area contributed by atoms with Crippen LogP contribution < -0.4 is 5.32 Å². The average molecular weight is 365 g/mol. The largest absolute Gasteiger partial charge is 0.336 e. The summed E-state index contributed by atoms with van der Waals surface area (Å²) < 4.78 is 24.5. The van der Waals surface area contributed by atoms with Crippen LogP contribution in [0.15, 0.2) is 23.1 Å². The molecular formula is C14H18Cl2N2O3S. The maximum atomic E-state index is 12.5. The molecule has 0 aromatic heterocycles. The summed E-state index contributed by atoms with van der Waals surface area (Å²) in [6.07, 6.45) is 1.76. The molecule has 1 amide bonds. The number of carbonyl (C=O) groups is 1. The maximum Gasteiger partial charge on any atom is 0.239 e. The van der Waals surface area contributed by atoms with Gasteiger partial charge in [0.1, 0.15) is 0 Å². The number of carbonyl (C=O) groups excluding carboxylic acids is 1. The number of halogens is 2. The second kappa shape index (κ2) is 6.35. The third-order valence-corrected chi connectivity index (χ3v) is 6.25. The lowest BCUT2D eigenvalue weighted by atomic mass is 10.1. The lowest BCUT2D eigenvalue weighted by Gasteiger charge is -2.27. The molecule has 1 aromatic carbocycles. The summed E-state index contributed by atoms with van der Waals surface area (Å²) in [5.41, 5.74) is 0.622. The van der Waals surface area contributed by atoms with Crippen molar-refractivity contribution in [1.29, 1.82) is 0 Å².